The summed E-state index contributed by atoms with van der Waals surface area (Å²) in [4.78, 5) is 25.5. The van der Waals surface area contributed by atoms with E-state index in [2.05, 4.69) is 13.8 Å². The molecule has 0 spiro atoms. The van der Waals surface area contributed by atoms with Gasteiger partial charge in [-0.1, -0.05) is 39.2 Å². The Balaban J connectivity index is 2.50. The molecule has 0 heterocycles. The fraction of sp³-hybridized carbons (Fsp3) is 0.650. The average Bonchev–Trinajstić information content (AvgIpc) is 2.62. The number of ether oxygens (including phenoxy) is 1. The Morgan fingerprint density at radius 2 is 2.07 bits per heavy atom. The summed E-state index contributed by atoms with van der Waals surface area (Å²) in [7, 11) is 3.84. The molecule has 0 aliphatic rings. The van der Waals surface area contributed by atoms with Crippen LogP contribution in [0.25, 0.3) is 0 Å². The quantitative estimate of drug-likeness (QED) is 0.204. The minimum Gasteiger partial charge on any atom is -0.465 e. The van der Waals surface area contributed by atoms with E-state index in [1.807, 2.05) is 25.1 Å². The highest BCUT2D eigenvalue weighted by molar-refractivity contribution is 7.99. The number of esters is 1. The van der Waals surface area contributed by atoms with E-state index in [0.717, 1.165) is 31.2 Å². The normalized spacial score (nSPS) is 12.2. The number of nitrogens with zero attached hydrogens (tertiary/aromatic N) is 2. The van der Waals surface area contributed by atoms with Crippen LogP contribution in [0.5, 0.6) is 0 Å². The maximum Gasteiger partial charge on any atom is 0.306 e. The SMILES string of the molecule is CCCCC(CC)COC(=O)CCSc1ccc(CN(C)C)cc1[N+](=O)[O-]. The highest BCUT2D eigenvalue weighted by Crippen LogP contribution is 2.31. The van der Waals surface area contributed by atoms with Gasteiger partial charge in [0.05, 0.1) is 22.8 Å². The van der Waals surface area contributed by atoms with Crippen LogP contribution < -0.4 is 0 Å². The van der Waals surface area contributed by atoms with Crippen LogP contribution in [-0.2, 0) is 16.1 Å². The Labute approximate surface area is 166 Å². The molecular formula is C20H32N2O4S. The van der Waals surface area contributed by atoms with Crippen LogP contribution in [0.1, 0.15) is 51.5 Å². The summed E-state index contributed by atoms with van der Waals surface area (Å²) in [6.45, 7) is 5.39. The van der Waals surface area contributed by atoms with Gasteiger partial charge in [-0.3, -0.25) is 14.9 Å². The van der Waals surface area contributed by atoms with Crippen molar-refractivity contribution in [3.63, 3.8) is 0 Å². The molecule has 152 valence electrons. The third-order valence-corrected chi connectivity index (χ3v) is 5.37. The molecule has 0 amide bonds. The topological polar surface area (TPSA) is 72.7 Å². The Morgan fingerprint density at radius 3 is 2.67 bits per heavy atom. The van der Waals surface area contributed by atoms with Crippen molar-refractivity contribution in [1.82, 2.24) is 4.90 Å². The van der Waals surface area contributed by atoms with Crippen molar-refractivity contribution in [2.24, 2.45) is 5.92 Å². The second kappa shape index (κ2) is 12.7. The van der Waals surface area contributed by atoms with E-state index in [4.69, 9.17) is 4.74 Å². The third kappa shape index (κ3) is 9.24. The largest absolute Gasteiger partial charge is 0.465 e. The van der Waals surface area contributed by atoms with E-state index in [9.17, 15) is 14.9 Å². The molecule has 0 aliphatic carbocycles. The van der Waals surface area contributed by atoms with Crippen LogP contribution >= 0.6 is 11.8 Å². The van der Waals surface area contributed by atoms with Crippen molar-refractivity contribution in [2.75, 3.05) is 26.5 Å². The number of nitro groups is 1. The highest BCUT2D eigenvalue weighted by Gasteiger charge is 2.16. The Bertz CT molecular complexity index is 608. The number of nitro benzene ring substituents is 1. The standard InChI is InChI=1S/C20H32N2O4S/c1-5-7-8-16(6-2)15-26-20(23)11-12-27-19-10-9-17(14-21(3)4)13-18(19)22(24)25/h9-10,13,16H,5-8,11-12,14-15H2,1-4H3. The van der Waals surface area contributed by atoms with Crippen LogP contribution in [0.3, 0.4) is 0 Å². The number of thioether (sulfide) groups is 1. The van der Waals surface area contributed by atoms with Crippen molar-refractivity contribution >= 4 is 23.4 Å². The monoisotopic (exact) mass is 396 g/mol. The summed E-state index contributed by atoms with van der Waals surface area (Å²) in [6, 6.07) is 5.28. The van der Waals surface area contributed by atoms with Crippen LogP contribution in [-0.4, -0.2) is 42.2 Å². The van der Waals surface area contributed by atoms with Crippen LogP contribution in [0.4, 0.5) is 5.69 Å². The summed E-state index contributed by atoms with van der Waals surface area (Å²) in [6.07, 6.45) is 4.64. The molecule has 7 heteroatoms. The molecule has 0 saturated heterocycles. The predicted octanol–water partition coefficient (Wildman–Crippen LogP) is 4.90. The fourth-order valence-corrected chi connectivity index (χ4v) is 3.65. The molecule has 0 N–H and O–H groups in total. The van der Waals surface area contributed by atoms with E-state index >= 15 is 0 Å². The molecule has 1 atom stereocenters. The van der Waals surface area contributed by atoms with E-state index in [1.54, 1.807) is 12.1 Å². The Morgan fingerprint density at radius 1 is 1.33 bits per heavy atom. The maximum absolute atomic E-state index is 11.9. The Hall–Kier alpha value is -1.60. The minimum absolute atomic E-state index is 0.0957. The molecule has 1 rings (SSSR count). The molecule has 1 unspecified atom stereocenters. The lowest BCUT2D eigenvalue weighted by molar-refractivity contribution is -0.387. The van der Waals surface area contributed by atoms with Crippen LogP contribution in [0.2, 0.25) is 0 Å². The van der Waals surface area contributed by atoms with E-state index < -0.39 is 0 Å². The molecule has 0 saturated carbocycles. The molecule has 6 nitrogen and oxygen atoms in total. The lowest BCUT2D eigenvalue weighted by atomic mass is 10.0. The highest BCUT2D eigenvalue weighted by atomic mass is 32.2. The number of rotatable bonds is 13. The van der Waals surface area contributed by atoms with Gasteiger partial charge in [0.25, 0.3) is 5.69 Å². The van der Waals surface area contributed by atoms with E-state index in [1.165, 1.54) is 11.8 Å². The van der Waals surface area contributed by atoms with Crippen LogP contribution in [0.15, 0.2) is 23.1 Å². The van der Waals surface area contributed by atoms with Gasteiger partial charge in [-0.25, -0.2) is 0 Å². The number of unbranched alkanes of at least 4 members (excludes halogenated alkanes) is 1. The predicted molar refractivity (Wildman–Crippen MR) is 110 cm³/mol. The fourth-order valence-electron chi connectivity index (χ4n) is 2.72. The van der Waals surface area contributed by atoms with E-state index in [0.29, 0.717) is 29.7 Å². The van der Waals surface area contributed by atoms with E-state index in [-0.39, 0.29) is 23.0 Å². The maximum atomic E-state index is 11.9. The number of carbonyl (C=O) groups excluding carboxylic acids is 1. The first-order valence-electron chi connectivity index (χ1n) is 9.57. The molecule has 0 aliphatic heterocycles. The average molecular weight is 397 g/mol. The van der Waals surface area contributed by atoms with Gasteiger partial charge in [-0.05, 0) is 38.1 Å². The number of carbonyl (C=O) groups is 1. The van der Waals surface area contributed by atoms with Crippen LogP contribution in [0, 0.1) is 16.0 Å². The van der Waals surface area contributed by atoms with Gasteiger partial charge in [-0.2, -0.15) is 0 Å². The number of benzene rings is 1. The Kier molecular flexibility index (Phi) is 11.0. The molecule has 1 aromatic rings. The first-order chi connectivity index (χ1) is 12.9. The number of hydrogen-bond donors (Lipinski definition) is 0. The zero-order chi connectivity index (χ0) is 20.2. The zero-order valence-electron chi connectivity index (χ0n) is 16.9. The molecule has 0 bridgehead atoms. The molecule has 0 radical (unpaired) electrons. The minimum atomic E-state index is -0.362. The summed E-state index contributed by atoms with van der Waals surface area (Å²) in [5.74, 6) is 0.662. The molecular weight excluding hydrogens is 364 g/mol. The first-order valence-corrected chi connectivity index (χ1v) is 10.6. The van der Waals surface area contributed by atoms with Gasteiger partial charge in [0.15, 0.2) is 0 Å². The van der Waals surface area contributed by atoms with Crippen molar-refractivity contribution in [2.45, 2.75) is 57.4 Å². The summed E-state index contributed by atoms with van der Waals surface area (Å²) < 4.78 is 5.38. The lowest BCUT2D eigenvalue weighted by Gasteiger charge is -2.14. The first kappa shape index (κ1) is 23.4. The molecule has 0 aromatic heterocycles. The number of hydrogen-bond acceptors (Lipinski definition) is 6. The van der Waals surface area contributed by atoms with Crippen molar-refractivity contribution in [3.8, 4) is 0 Å². The molecule has 1 aromatic carbocycles. The molecule has 27 heavy (non-hydrogen) atoms. The summed E-state index contributed by atoms with van der Waals surface area (Å²) in [5, 5.41) is 11.3. The molecule has 0 fully saturated rings. The third-order valence-electron chi connectivity index (χ3n) is 4.31. The second-order valence-electron chi connectivity index (χ2n) is 6.99. The van der Waals surface area contributed by atoms with Gasteiger partial charge >= 0.3 is 5.97 Å². The summed E-state index contributed by atoms with van der Waals surface area (Å²) in [5.41, 5.74) is 0.992. The van der Waals surface area contributed by atoms with Crippen molar-refractivity contribution in [1.29, 1.82) is 0 Å². The van der Waals surface area contributed by atoms with Gasteiger partial charge < -0.3 is 9.64 Å². The summed E-state index contributed by atoms with van der Waals surface area (Å²) >= 11 is 1.33. The zero-order valence-corrected chi connectivity index (χ0v) is 17.7. The van der Waals surface area contributed by atoms with Crippen molar-refractivity contribution < 1.29 is 14.5 Å². The second-order valence-corrected chi connectivity index (χ2v) is 8.13. The smallest absolute Gasteiger partial charge is 0.306 e. The van der Waals surface area contributed by atoms with Gasteiger partial charge in [0.1, 0.15) is 0 Å². The van der Waals surface area contributed by atoms with Crippen molar-refractivity contribution in [3.05, 3.63) is 33.9 Å². The van der Waals surface area contributed by atoms with Gasteiger partial charge in [-0.15, -0.1) is 11.8 Å². The van der Waals surface area contributed by atoms with Gasteiger partial charge in [0, 0.05) is 18.4 Å². The van der Waals surface area contributed by atoms with Gasteiger partial charge in [0.2, 0.25) is 0 Å². The lowest BCUT2D eigenvalue weighted by Crippen LogP contribution is -2.14.